The van der Waals surface area contributed by atoms with Crippen LogP contribution in [0.15, 0.2) is 42.6 Å². The number of aromatic nitrogens is 1. The third kappa shape index (κ3) is 3.04. The van der Waals surface area contributed by atoms with E-state index in [0.717, 1.165) is 16.4 Å². The first kappa shape index (κ1) is 13.4. The summed E-state index contributed by atoms with van der Waals surface area (Å²) in [5, 5.41) is 9.49. The fraction of sp³-hybridized carbons (Fsp3) is 0.200. The van der Waals surface area contributed by atoms with Crippen LogP contribution in [0.5, 0.6) is 0 Å². The minimum absolute atomic E-state index is 0.152. The fourth-order valence-corrected chi connectivity index (χ4v) is 2.05. The zero-order chi connectivity index (χ0) is 13.8. The van der Waals surface area contributed by atoms with Crippen LogP contribution in [0.2, 0.25) is 5.02 Å². The van der Waals surface area contributed by atoms with Crippen molar-refractivity contribution in [1.29, 1.82) is 5.26 Å². The second kappa shape index (κ2) is 5.73. The minimum atomic E-state index is 0.152. The molecule has 0 saturated heterocycles. The summed E-state index contributed by atoms with van der Waals surface area (Å²) in [6, 6.07) is 13.6. The standard InChI is InChI=1S/C15H14ClN3/c1-11(13-4-3-5-14(16)8-13)19(2)15-7-6-12(9-17)10-18-15/h3-8,10-11H,1-2H3/t11-/m0/s1. The molecule has 0 amide bonds. The fourth-order valence-electron chi connectivity index (χ4n) is 1.85. The Labute approximate surface area is 118 Å². The van der Waals surface area contributed by atoms with E-state index in [0.29, 0.717) is 5.56 Å². The molecule has 0 aliphatic rings. The van der Waals surface area contributed by atoms with Crippen molar-refractivity contribution in [3.63, 3.8) is 0 Å². The molecule has 0 aliphatic heterocycles. The predicted octanol–water partition coefficient (Wildman–Crippen LogP) is 3.80. The van der Waals surface area contributed by atoms with Gasteiger partial charge in [0.1, 0.15) is 11.9 Å². The van der Waals surface area contributed by atoms with Crippen molar-refractivity contribution in [3.05, 3.63) is 58.7 Å². The molecule has 0 bridgehead atoms. The number of hydrogen-bond acceptors (Lipinski definition) is 3. The molecule has 96 valence electrons. The van der Waals surface area contributed by atoms with Crippen LogP contribution in [-0.4, -0.2) is 12.0 Å². The molecule has 3 nitrogen and oxygen atoms in total. The molecule has 19 heavy (non-hydrogen) atoms. The molecule has 0 saturated carbocycles. The van der Waals surface area contributed by atoms with Crippen LogP contribution in [0.1, 0.15) is 24.1 Å². The lowest BCUT2D eigenvalue weighted by molar-refractivity contribution is 0.729. The largest absolute Gasteiger partial charge is 0.353 e. The molecule has 2 aromatic rings. The Morgan fingerprint density at radius 1 is 1.32 bits per heavy atom. The summed E-state index contributed by atoms with van der Waals surface area (Å²) >= 11 is 6.01. The molecule has 2 rings (SSSR count). The first-order chi connectivity index (χ1) is 9.11. The minimum Gasteiger partial charge on any atom is -0.353 e. The molecular formula is C15H14ClN3. The Bertz CT molecular complexity index is 602. The van der Waals surface area contributed by atoms with Gasteiger partial charge in [0.25, 0.3) is 0 Å². The number of hydrogen-bond donors (Lipinski definition) is 0. The third-order valence-corrected chi connectivity index (χ3v) is 3.39. The second-order valence-corrected chi connectivity index (χ2v) is 4.80. The molecule has 0 N–H and O–H groups in total. The van der Waals surface area contributed by atoms with Gasteiger partial charge in [0.05, 0.1) is 11.6 Å². The number of halogens is 1. The van der Waals surface area contributed by atoms with Gasteiger partial charge in [0, 0.05) is 18.3 Å². The van der Waals surface area contributed by atoms with Crippen molar-refractivity contribution < 1.29 is 0 Å². The van der Waals surface area contributed by atoms with Crippen molar-refractivity contribution in [2.75, 3.05) is 11.9 Å². The lowest BCUT2D eigenvalue weighted by Crippen LogP contribution is -2.22. The van der Waals surface area contributed by atoms with Crippen molar-refractivity contribution in [2.24, 2.45) is 0 Å². The number of benzene rings is 1. The average Bonchev–Trinajstić information content (AvgIpc) is 2.46. The highest BCUT2D eigenvalue weighted by Gasteiger charge is 2.13. The topological polar surface area (TPSA) is 39.9 Å². The van der Waals surface area contributed by atoms with Gasteiger partial charge < -0.3 is 4.90 Å². The zero-order valence-electron chi connectivity index (χ0n) is 10.8. The van der Waals surface area contributed by atoms with Crippen LogP contribution >= 0.6 is 11.6 Å². The maximum absolute atomic E-state index is 8.77. The number of nitrogens with zero attached hydrogens (tertiary/aromatic N) is 3. The molecular weight excluding hydrogens is 258 g/mol. The summed E-state index contributed by atoms with van der Waals surface area (Å²) in [5.41, 5.74) is 1.69. The summed E-state index contributed by atoms with van der Waals surface area (Å²) in [5.74, 6) is 0.825. The van der Waals surface area contributed by atoms with Gasteiger partial charge in [-0.25, -0.2) is 4.98 Å². The second-order valence-electron chi connectivity index (χ2n) is 4.36. The average molecular weight is 272 g/mol. The summed E-state index contributed by atoms with van der Waals surface area (Å²) < 4.78 is 0. The number of anilines is 1. The predicted molar refractivity (Wildman–Crippen MR) is 77.2 cm³/mol. The molecule has 1 aromatic heterocycles. The Hall–Kier alpha value is -2.05. The maximum Gasteiger partial charge on any atom is 0.128 e. The van der Waals surface area contributed by atoms with Gasteiger partial charge in [-0.15, -0.1) is 0 Å². The van der Waals surface area contributed by atoms with Gasteiger partial charge >= 0.3 is 0 Å². The molecule has 0 radical (unpaired) electrons. The van der Waals surface area contributed by atoms with E-state index in [1.807, 2.05) is 42.3 Å². The van der Waals surface area contributed by atoms with Crippen molar-refractivity contribution in [2.45, 2.75) is 13.0 Å². The molecule has 0 aliphatic carbocycles. The van der Waals surface area contributed by atoms with Gasteiger partial charge in [0.15, 0.2) is 0 Å². The number of nitriles is 1. The Morgan fingerprint density at radius 3 is 2.68 bits per heavy atom. The van der Waals surface area contributed by atoms with Crippen molar-refractivity contribution in [1.82, 2.24) is 4.98 Å². The van der Waals surface area contributed by atoms with E-state index < -0.39 is 0 Å². The van der Waals surface area contributed by atoms with E-state index in [1.54, 1.807) is 12.3 Å². The van der Waals surface area contributed by atoms with E-state index in [-0.39, 0.29) is 6.04 Å². The first-order valence-corrected chi connectivity index (χ1v) is 6.34. The van der Waals surface area contributed by atoms with Crippen LogP contribution in [0.25, 0.3) is 0 Å². The van der Waals surface area contributed by atoms with Gasteiger partial charge in [0.2, 0.25) is 0 Å². The van der Waals surface area contributed by atoms with E-state index in [4.69, 9.17) is 16.9 Å². The van der Waals surface area contributed by atoms with Gasteiger partial charge in [-0.3, -0.25) is 0 Å². The maximum atomic E-state index is 8.77. The van der Waals surface area contributed by atoms with Gasteiger partial charge in [-0.05, 0) is 36.8 Å². The quantitative estimate of drug-likeness (QED) is 0.852. The molecule has 1 heterocycles. The SMILES string of the molecule is C[C@@H](c1cccc(Cl)c1)N(C)c1ccc(C#N)cn1. The Balaban J connectivity index is 2.23. The third-order valence-electron chi connectivity index (χ3n) is 3.15. The van der Waals surface area contributed by atoms with Crippen LogP contribution in [0.4, 0.5) is 5.82 Å². The van der Waals surface area contributed by atoms with Crippen molar-refractivity contribution in [3.8, 4) is 6.07 Å². The zero-order valence-corrected chi connectivity index (χ0v) is 11.6. The van der Waals surface area contributed by atoms with Crippen LogP contribution in [0.3, 0.4) is 0 Å². The smallest absolute Gasteiger partial charge is 0.128 e. The number of rotatable bonds is 3. The summed E-state index contributed by atoms with van der Waals surface area (Å²) in [6.45, 7) is 2.09. The number of pyridine rings is 1. The summed E-state index contributed by atoms with van der Waals surface area (Å²) in [7, 11) is 1.97. The lowest BCUT2D eigenvalue weighted by atomic mass is 10.1. The van der Waals surface area contributed by atoms with E-state index >= 15 is 0 Å². The van der Waals surface area contributed by atoms with Crippen LogP contribution < -0.4 is 4.90 Å². The molecule has 4 heteroatoms. The molecule has 1 atom stereocenters. The highest BCUT2D eigenvalue weighted by Crippen LogP contribution is 2.25. The van der Waals surface area contributed by atoms with E-state index in [1.165, 1.54) is 0 Å². The molecule has 0 fully saturated rings. The highest BCUT2D eigenvalue weighted by atomic mass is 35.5. The van der Waals surface area contributed by atoms with E-state index in [2.05, 4.69) is 18.0 Å². The van der Waals surface area contributed by atoms with Crippen LogP contribution in [0, 0.1) is 11.3 Å². The normalized spacial score (nSPS) is 11.7. The molecule has 1 aromatic carbocycles. The van der Waals surface area contributed by atoms with Gasteiger partial charge in [-0.1, -0.05) is 23.7 Å². The summed E-state index contributed by atoms with van der Waals surface area (Å²) in [6.07, 6.45) is 1.58. The summed E-state index contributed by atoms with van der Waals surface area (Å²) in [4.78, 5) is 6.34. The van der Waals surface area contributed by atoms with Gasteiger partial charge in [-0.2, -0.15) is 5.26 Å². The molecule has 0 spiro atoms. The molecule has 0 unspecified atom stereocenters. The lowest BCUT2D eigenvalue weighted by Gasteiger charge is -2.26. The Morgan fingerprint density at radius 2 is 2.11 bits per heavy atom. The van der Waals surface area contributed by atoms with Crippen LogP contribution in [-0.2, 0) is 0 Å². The monoisotopic (exact) mass is 271 g/mol. The highest BCUT2D eigenvalue weighted by molar-refractivity contribution is 6.30. The van der Waals surface area contributed by atoms with Crippen molar-refractivity contribution >= 4 is 17.4 Å². The Kier molecular flexibility index (Phi) is 4.03. The first-order valence-electron chi connectivity index (χ1n) is 5.96. The van der Waals surface area contributed by atoms with E-state index in [9.17, 15) is 0 Å².